The monoisotopic (exact) mass is 437 g/mol. The molecule has 0 unspecified atom stereocenters. The molecule has 3 rings (SSSR count). The van der Waals surface area contributed by atoms with E-state index in [9.17, 15) is 9.18 Å². The third-order valence-electron chi connectivity index (χ3n) is 3.45. The first-order valence-electron chi connectivity index (χ1n) is 7.66. The van der Waals surface area contributed by atoms with Crippen LogP contribution in [0.5, 0.6) is 5.75 Å². The fourth-order valence-corrected chi connectivity index (χ4v) is 2.75. The van der Waals surface area contributed by atoms with Crippen molar-refractivity contribution in [2.75, 3.05) is 11.9 Å². The van der Waals surface area contributed by atoms with E-state index in [4.69, 9.17) is 16.3 Å². The van der Waals surface area contributed by atoms with E-state index >= 15 is 0 Å². The van der Waals surface area contributed by atoms with Crippen molar-refractivity contribution in [1.82, 2.24) is 9.78 Å². The molecule has 0 fully saturated rings. The highest BCUT2D eigenvalue weighted by Gasteiger charge is 2.12. The molecule has 0 spiro atoms. The maximum absolute atomic E-state index is 13.7. The van der Waals surface area contributed by atoms with Gasteiger partial charge < -0.3 is 10.1 Å². The van der Waals surface area contributed by atoms with Crippen LogP contribution in [-0.4, -0.2) is 22.3 Å². The highest BCUT2D eigenvalue weighted by atomic mass is 79.9. The molecule has 5 nitrogen and oxygen atoms in total. The minimum atomic E-state index is -0.364. The van der Waals surface area contributed by atoms with Crippen LogP contribution in [0, 0.1) is 5.82 Å². The van der Waals surface area contributed by atoms with Crippen molar-refractivity contribution in [3.8, 4) is 5.75 Å². The topological polar surface area (TPSA) is 56.1 Å². The SMILES string of the molecule is O=C(COc1ccc(Cl)cc1)Nc1nn(Cc2ccccc2F)cc1Br. The normalized spacial score (nSPS) is 10.6. The van der Waals surface area contributed by atoms with Crippen LogP contribution < -0.4 is 10.1 Å². The maximum atomic E-state index is 13.7. The van der Waals surface area contributed by atoms with Crippen LogP contribution >= 0.6 is 27.5 Å². The Balaban J connectivity index is 1.59. The third kappa shape index (κ3) is 4.83. The second kappa shape index (κ2) is 8.33. The van der Waals surface area contributed by atoms with E-state index in [-0.39, 0.29) is 24.9 Å². The zero-order valence-electron chi connectivity index (χ0n) is 13.5. The number of rotatable bonds is 6. The first-order chi connectivity index (χ1) is 12.5. The number of halogens is 3. The van der Waals surface area contributed by atoms with Gasteiger partial charge in [0.2, 0.25) is 0 Å². The summed E-state index contributed by atoms with van der Waals surface area (Å²) in [6, 6.07) is 13.2. The molecular weight excluding hydrogens is 425 g/mol. The van der Waals surface area contributed by atoms with Gasteiger partial charge in [0.1, 0.15) is 11.6 Å². The first-order valence-corrected chi connectivity index (χ1v) is 8.83. The number of nitrogens with zero attached hydrogens (tertiary/aromatic N) is 2. The molecule has 1 N–H and O–H groups in total. The molecule has 134 valence electrons. The van der Waals surface area contributed by atoms with Crippen molar-refractivity contribution in [2.24, 2.45) is 0 Å². The predicted octanol–water partition coefficient (Wildman–Crippen LogP) is 4.50. The Morgan fingerprint density at radius 1 is 1.23 bits per heavy atom. The molecule has 0 atom stereocenters. The molecule has 0 saturated heterocycles. The third-order valence-corrected chi connectivity index (χ3v) is 4.28. The molecule has 0 aliphatic rings. The zero-order valence-corrected chi connectivity index (χ0v) is 15.8. The van der Waals surface area contributed by atoms with Gasteiger partial charge in [-0.3, -0.25) is 9.48 Å². The Labute approximate surface area is 162 Å². The maximum Gasteiger partial charge on any atom is 0.263 e. The summed E-state index contributed by atoms with van der Waals surface area (Å²) in [5, 5.41) is 7.49. The number of benzene rings is 2. The average Bonchev–Trinajstić information content (AvgIpc) is 2.95. The van der Waals surface area contributed by atoms with Gasteiger partial charge in [0, 0.05) is 16.8 Å². The van der Waals surface area contributed by atoms with Crippen molar-refractivity contribution in [2.45, 2.75) is 6.54 Å². The average molecular weight is 439 g/mol. The summed E-state index contributed by atoms with van der Waals surface area (Å²) in [5.41, 5.74) is 0.506. The van der Waals surface area contributed by atoms with E-state index in [2.05, 4.69) is 26.3 Å². The Morgan fingerprint density at radius 3 is 2.69 bits per heavy atom. The second-order valence-corrected chi connectivity index (χ2v) is 6.70. The predicted molar refractivity (Wildman–Crippen MR) is 101 cm³/mol. The second-order valence-electron chi connectivity index (χ2n) is 5.41. The summed E-state index contributed by atoms with van der Waals surface area (Å²) in [6.45, 7) is 0.0800. The van der Waals surface area contributed by atoms with E-state index in [1.165, 1.54) is 10.7 Å². The minimum absolute atomic E-state index is 0.172. The van der Waals surface area contributed by atoms with Crippen molar-refractivity contribution >= 4 is 39.3 Å². The van der Waals surface area contributed by atoms with Gasteiger partial charge in [0.05, 0.1) is 11.0 Å². The number of carbonyl (C=O) groups is 1. The molecule has 8 heteroatoms. The van der Waals surface area contributed by atoms with E-state index in [1.807, 2.05) is 0 Å². The fraction of sp³-hybridized carbons (Fsp3) is 0.111. The lowest BCUT2D eigenvalue weighted by atomic mass is 10.2. The van der Waals surface area contributed by atoms with Crippen molar-refractivity contribution in [1.29, 1.82) is 0 Å². The molecule has 3 aromatic rings. The van der Waals surface area contributed by atoms with Gasteiger partial charge in [-0.2, -0.15) is 5.10 Å². The van der Waals surface area contributed by atoms with Gasteiger partial charge in [-0.25, -0.2) is 4.39 Å². The van der Waals surface area contributed by atoms with Crippen LogP contribution in [0.3, 0.4) is 0 Å². The van der Waals surface area contributed by atoms with Crippen LogP contribution in [0.25, 0.3) is 0 Å². The van der Waals surface area contributed by atoms with Gasteiger partial charge in [0.25, 0.3) is 5.91 Å². The molecule has 2 aromatic carbocycles. The Morgan fingerprint density at radius 2 is 1.96 bits per heavy atom. The highest BCUT2D eigenvalue weighted by Crippen LogP contribution is 2.21. The molecule has 0 radical (unpaired) electrons. The summed E-state index contributed by atoms with van der Waals surface area (Å²) < 4.78 is 21.2. The lowest BCUT2D eigenvalue weighted by Gasteiger charge is -2.06. The Hall–Kier alpha value is -2.38. The number of aromatic nitrogens is 2. The molecule has 0 aliphatic heterocycles. The number of carbonyl (C=O) groups excluding carboxylic acids is 1. The number of hydrogen-bond acceptors (Lipinski definition) is 3. The number of amides is 1. The zero-order chi connectivity index (χ0) is 18.5. The molecular formula is C18H14BrClFN3O2. The van der Waals surface area contributed by atoms with E-state index < -0.39 is 0 Å². The van der Waals surface area contributed by atoms with Crippen LogP contribution in [-0.2, 0) is 11.3 Å². The molecule has 1 amide bonds. The smallest absolute Gasteiger partial charge is 0.263 e. The van der Waals surface area contributed by atoms with Gasteiger partial charge in [-0.1, -0.05) is 29.8 Å². The minimum Gasteiger partial charge on any atom is -0.484 e. The van der Waals surface area contributed by atoms with Crippen LogP contribution in [0.4, 0.5) is 10.2 Å². The number of ether oxygens (including phenoxy) is 1. The van der Waals surface area contributed by atoms with E-state index in [0.717, 1.165) is 0 Å². The highest BCUT2D eigenvalue weighted by molar-refractivity contribution is 9.10. The molecule has 1 aromatic heterocycles. The van der Waals surface area contributed by atoms with Crippen LogP contribution in [0.2, 0.25) is 5.02 Å². The lowest BCUT2D eigenvalue weighted by molar-refractivity contribution is -0.118. The molecule has 0 saturated carbocycles. The van der Waals surface area contributed by atoms with E-state index in [1.54, 1.807) is 48.7 Å². The van der Waals surface area contributed by atoms with Crippen molar-refractivity contribution in [3.63, 3.8) is 0 Å². The van der Waals surface area contributed by atoms with Crippen molar-refractivity contribution in [3.05, 3.63) is 75.6 Å². The van der Waals surface area contributed by atoms with Gasteiger partial charge in [0.15, 0.2) is 12.4 Å². The van der Waals surface area contributed by atoms with Gasteiger partial charge in [-0.15, -0.1) is 0 Å². The molecule has 26 heavy (non-hydrogen) atoms. The number of nitrogens with one attached hydrogen (secondary N) is 1. The fourth-order valence-electron chi connectivity index (χ4n) is 2.21. The van der Waals surface area contributed by atoms with Crippen LogP contribution in [0.15, 0.2) is 59.2 Å². The van der Waals surface area contributed by atoms with Crippen molar-refractivity contribution < 1.29 is 13.9 Å². The standard InChI is InChI=1S/C18H14BrClFN3O2/c19-15-10-24(9-12-3-1-2-4-16(12)21)23-18(15)22-17(25)11-26-14-7-5-13(20)6-8-14/h1-8,10H,9,11H2,(H,22,23,25). The Kier molecular flexibility index (Phi) is 5.90. The molecule has 0 bridgehead atoms. The number of anilines is 1. The summed E-state index contributed by atoms with van der Waals surface area (Å²) >= 11 is 9.13. The largest absolute Gasteiger partial charge is 0.484 e. The van der Waals surface area contributed by atoms with Gasteiger partial charge in [-0.05, 0) is 46.3 Å². The molecule has 0 aliphatic carbocycles. The van der Waals surface area contributed by atoms with Gasteiger partial charge >= 0.3 is 0 Å². The van der Waals surface area contributed by atoms with E-state index in [0.29, 0.717) is 26.6 Å². The summed E-state index contributed by atoms with van der Waals surface area (Å²) in [5.74, 6) is 0.206. The molecule has 1 heterocycles. The summed E-state index contributed by atoms with van der Waals surface area (Å²) in [6.07, 6.45) is 1.67. The summed E-state index contributed by atoms with van der Waals surface area (Å²) in [7, 11) is 0. The van der Waals surface area contributed by atoms with Crippen LogP contribution in [0.1, 0.15) is 5.56 Å². The number of hydrogen-bond donors (Lipinski definition) is 1. The summed E-state index contributed by atoms with van der Waals surface area (Å²) in [4.78, 5) is 12.0. The quantitative estimate of drug-likeness (QED) is 0.616. The lowest BCUT2D eigenvalue weighted by Crippen LogP contribution is -2.20. The first kappa shape index (κ1) is 18.4. The Bertz CT molecular complexity index is 915.